The summed E-state index contributed by atoms with van der Waals surface area (Å²) in [5, 5.41) is 3.97. The fourth-order valence-corrected chi connectivity index (χ4v) is 5.64. The van der Waals surface area contributed by atoms with Crippen LogP contribution in [-0.4, -0.2) is 61.7 Å². The highest BCUT2D eigenvalue weighted by atomic mass is 15.2. The van der Waals surface area contributed by atoms with Gasteiger partial charge in [0.2, 0.25) is 0 Å². The average molecular weight is 372 g/mol. The highest BCUT2D eigenvalue weighted by Gasteiger charge is 2.43. The molecule has 0 unspecified atom stereocenters. The van der Waals surface area contributed by atoms with Gasteiger partial charge >= 0.3 is 0 Å². The first-order valence-electron chi connectivity index (χ1n) is 11.0. The molecule has 6 atom stereocenters. The standard InChI is InChI=1S/C24H41N3/c1-18-16-26(5)20(3)14-23(18)25-13-12-24(22-10-8-7-9-11-22)15-21(4)27(6)17-19(24)2/h7-11,18-21,23,25H,12-17H2,1-6H3/t18-,19+,20-,21+,23-,24-/m0/s1. The molecule has 2 saturated heterocycles. The maximum atomic E-state index is 3.97. The Kier molecular flexibility index (Phi) is 6.66. The first-order chi connectivity index (χ1) is 12.8. The first-order valence-corrected chi connectivity index (χ1v) is 11.0. The maximum absolute atomic E-state index is 3.97. The molecule has 27 heavy (non-hydrogen) atoms. The van der Waals surface area contributed by atoms with E-state index in [0.717, 1.165) is 12.5 Å². The second kappa shape index (κ2) is 8.63. The third-order valence-electron chi connectivity index (χ3n) is 7.85. The zero-order valence-corrected chi connectivity index (χ0v) is 18.4. The Bertz CT molecular complexity index is 589. The van der Waals surface area contributed by atoms with Crippen LogP contribution in [0.3, 0.4) is 0 Å². The predicted octanol–water partition coefficient (Wildman–Crippen LogP) is 3.99. The summed E-state index contributed by atoms with van der Waals surface area (Å²) in [6.07, 6.45) is 3.77. The number of hydrogen-bond donors (Lipinski definition) is 1. The van der Waals surface area contributed by atoms with Crippen LogP contribution in [0.4, 0.5) is 0 Å². The zero-order chi connectivity index (χ0) is 19.6. The van der Waals surface area contributed by atoms with Crippen LogP contribution in [0.1, 0.15) is 52.5 Å². The highest BCUT2D eigenvalue weighted by Crippen LogP contribution is 2.44. The Hall–Kier alpha value is -0.900. The van der Waals surface area contributed by atoms with E-state index in [1.165, 1.54) is 32.4 Å². The minimum Gasteiger partial charge on any atom is -0.314 e. The van der Waals surface area contributed by atoms with Crippen molar-refractivity contribution in [2.75, 3.05) is 33.7 Å². The third kappa shape index (κ3) is 4.41. The summed E-state index contributed by atoms with van der Waals surface area (Å²) >= 11 is 0. The van der Waals surface area contributed by atoms with E-state index in [0.29, 0.717) is 29.5 Å². The third-order valence-corrected chi connectivity index (χ3v) is 7.85. The van der Waals surface area contributed by atoms with Crippen molar-refractivity contribution in [2.24, 2.45) is 11.8 Å². The molecule has 1 aromatic rings. The average Bonchev–Trinajstić information content (AvgIpc) is 2.64. The fraction of sp³-hybridized carbons (Fsp3) is 0.750. The topological polar surface area (TPSA) is 18.5 Å². The summed E-state index contributed by atoms with van der Waals surface area (Å²) in [5.74, 6) is 1.41. The van der Waals surface area contributed by atoms with Gasteiger partial charge in [-0.15, -0.1) is 0 Å². The molecule has 2 aliphatic heterocycles. The van der Waals surface area contributed by atoms with Crippen LogP contribution in [0.2, 0.25) is 0 Å². The molecule has 2 aliphatic rings. The molecule has 1 aromatic carbocycles. The van der Waals surface area contributed by atoms with Crippen molar-refractivity contribution in [3.63, 3.8) is 0 Å². The van der Waals surface area contributed by atoms with Crippen LogP contribution < -0.4 is 5.32 Å². The number of rotatable bonds is 5. The molecule has 0 aromatic heterocycles. The molecular weight excluding hydrogens is 330 g/mol. The summed E-state index contributed by atoms with van der Waals surface area (Å²) in [6.45, 7) is 13.2. The summed E-state index contributed by atoms with van der Waals surface area (Å²) in [4.78, 5) is 5.05. The molecule has 0 saturated carbocycles. The van der Waals surface area contributed by atoms with Gasteiger partial charge in [-0.3, -0.25) is 0 Å². The first kappa shape index (κ1) is 20.8. The van der Waals surface area contributed by atoms with Crippen LogP contribution in [-0.2, 0) is 5.41 Å². The second-order valence-corrected chi connectivity index (χ2v) is 9.73. The lowest BCUT2D eigenvalue weighted by Crippen LogP contribution is -2.54. The number of benzene rings is 1. The Labute approximate surface area is 167 Å². The van der Waals surface area contributed by atoms with Gasteiger partial charge in [0.05, 0.1) is 0 Å². The maximum Gasteiger partial charge on any atom is 0.0120 e. The van der Waals surface area contributed by atoms with Crippen molar-refractivity contribution < 1.29 is 0 Å². The van der Waals surface area contributed by atoms with E-state index in [4.69, 9.17) is 0 Å². The van der Waals surface area contributed by atoms with Crippen molar-refractivity contribution in [1.29, 1.82) is 0 Å². The molecule has 2 heterocycles. The van der Waals surface area contributed by atoms with Gasteiger partial charge in [-0.2, -0.15) is 0 Å². The number of piperidine rings is 2. The molecule has 1 N–H and O–H groups in total. The second-order valence-electron chi connectivity index (χ2n) is 9.73. The predicted molar refractivity (Wildman–Crippen MR) is 116 cm³/mol. The van der Waals surface area contributed by atoms with Crippen LogP contribution in [0.25, 0.3) is 0 Å². The highest BCUT2D eigenvalue weighted by molar-refractivity contribution is 5.28. The molecule has 0 amide bonds. The van der Waals surface area contributed by atoms with Crippen molar-refractivity contribution in [1.82, 2.24) is 15.1 Å². The molecule has 3 nitrogen and oxygen atoms in total. The quantitative estimate of drug-likeness (QED) is 0.844. The summed E-state index contributed by atoms with van der Waals surface area (Å²) in [5.41, 5.74) is 1.84. The van der Waals surface area contributed by atoms with Crippen molar-refractivity contribution in [2.45, 2.75) is 70.5 Å². The SMILES string of the molecule is C[C@@H]1C[C@](CCN[C@H]2C[C@H](C)N(C)C[C@@H]2C)(c2ccccc2)[C@H](C)CN1C. The normalized spacial score (nSPS) is 38.8. The molecule has 3 heteroatoms. The van der Waals surface area contributed by atoms with Crippen LogP contribution in [0.15, 0.2) is 30.3 Å². The number of nitrogens with one attached hydrogen (secondary N) is 1. The van der Waals surface area contributed by atoms with Crippen LogP contribution in [0.5, 0.6) is 0 Å². The van der Waals surface area contributed by atoms with E-state index in [2.05, 4.69) is 87.2 Å². The van der Waals surface area contributed by atoms with E-state index < -0.39 is 0 Å². The fourth-order valence-electron chi connectivity index (χ4n) is 5.64. The molecule has 0 spiro atoms. The molecule has 0 aliphatic carbocycles. The van der Waals surface area contributed by atoms with Gasteiger partial charge in [-0.25, -0.2) is 0 Å². The largest absolute Gasteiger partial charge is 0.314 e. The summed E-state index contributed by atoms with van der Waals surface area (Å²) in [7, 11) is 4.55. The van der Waals surface area contributed by atoms with Gasteiger partial charge in [0.15, 0.2) is 0 Å². The van der Waals surface area contributed by atoms with Gasteiger partial charge in [-0.1, -0.05) is 44.2 Å². The molecular formula is C24H41N3. The Morgan fingerprint density at radius 3 is 2.33 bits per heavy atom. The van der Waals surface area contributed by atoms with Crippen molar-refractivity contribution >= 4 is 0 Å². The summed E-state index contributed by atoms with van der Waals surface area (Å²) < 4.78 is 0. The lowest BCUT2D eigenvalue weighted by atomic mass is 9.63. The monoisotopic (exact) mass is 371 g/mol. The van der Waals surface area contributed by atoms with Gasteiger partial charge in [0.1, 0.15) is 0 Å². The minimum absolute atomic E-state index is 0.292. The van der Waals surface area contributed by atoms with E-state index >= 15 is 0 Å². The Morgan fingerprint density at radius 1 is 0.963 bits per heavy atom. The molecule has 0 radical (unpaired) electrons. The molecule has 152 valence electrons. The van der Waals surface area contributed by atoms with Crippen LogP contribution >= 0.6 is 0 Å². The number of likely N-dealkylation sites (tertiary alicyclic amines) is 2. The Morgan fingerprint density at radius 2 is 1.63 bits per heavy atom. The van der Waals surface area contributed by atoms with Gasteiger partial charge < -0.3 is 15.1 Å². The number of hydrogen-bond acceptors (Lipinski definition) is 3. The van der Waals surface area contributed by atoms with Crippen LogP contribution in [0, 0.1) is 11.8 Å². The molecule has 2 fully saturated rings. The summed E-state index contributed by atoms with van der Waals surface area (Å²) in [6, 6.07) is 13.3. The van der Waals surface area contributed by atoms with Crippen molar-refractivity contribution in [3.8, 4) is 0 Å². The zero-order valence-electron chi connectivity index (χ0n) is 18.4. The number of nitrogens with zero attached hydrogens (tertiary/aromatic N) is 2. The van der Waals surface area contributed by atoms with Crippen molar-refractivity contribution in [3.05, 3.63) is 35.9 Å². The Balaban J connectivity index is 1.71. The van der Waals surface area contributed by atoms with E-state index in [1.54, 1.807) is 5.56 Å². The lowest BCUT2D eigenvalue weighted by Gasteiger charge is -2.50. The molecule has 3 rings (SSSR count). The van der Waals surface area contributed by atoms with Gasteiger partial charge in [-0.05, 0) is 71.1 Å². The van der Waals surface area contributed by atoms with E-state index in [9.17, 15) is 0 Å². The molecule has 0 bridgehead atoms. The van der Waals surface area contributed by atoms with E-state index in [1.807, 2.05) is 0 Å². The minimum atomic E-state index is 0.292. The van der Waals surface area contributed by atoms with Gasteiger partial charge in [0.25, 0.3) is 0 Å². The van der Waals surface area contributed by atoms with Gasteiger partial charge in [0, 0.05) is 36.6 Å². The van der Waals surface area contributed by atoms with E-state index in [-0.39, 0.29) is 0 Å². The lowest BCUT2D eigenvalue weighted by molar-refractivity contribution is 0.0655. The smallest absolute Gasteiger partial charge is 0.0120 e.